The first-order chi connectivity index (χ1) is 13.9. The van der Waals surface area contributed by atoms with Gasteiger partial charge in [0, 0.05) is 31.9 Å². The molecule has 29 heavy (non-hydrogen) atoms. The molecule has 0 aliphatic carbocycles. The highest BCUT2D eigenvalue weighted by molar-refractivity contribution is 5.75. The molecule has 8 heteroatoms. The Bertz CT molecular complexity index is 879. The van der Waals surface area contributed by atoms with Gasteiger partial charge in [-0.05, 0) is 36.2 Å². The topological polar surface area (TPSA) is 44.8 Å². The van der Waals surface area contributed by atoms with Crippen molar-refractivity contribution in [1.82, 2.24) is 10.2 Å². The molecule has 2 aromatic rings. The first kappa shape index (κ1) is 19.4. The molecule has 0 saturated carbocycles. The molecule has 2 aromatic carbocycles. The van der Waals surface area contributed by atoms with Gasteiger partial charge >= 0.3 is 12.2 Å². The van der Waals surface area contributed by atoms with Gasteiger partial charge in [0.05, 0.1) is 11.6 Å². The molecule has 0 radical (unpaired) electrons. The number of nitrogens with one attached hydrogen (secondary N) is 1. The molecule has 1 atom stereocenters. The Balaban J connectivity index is 1.31. The molecule has 0 spiro atoms. The van der Waals surface area contributed by atoms with Crippen LogP contribution in [0.5, 0.6) is 5.75 Å². The molecule has 2 aliphatic heterocycles. The summed E-state index contributed by atoms with van der Waals surface area (Å²) in [6, 6.07) is 12.8. The van der Waals surface area contributed by atoms with Crippen LogP contribution in [0.4, 0.5) is 23.7 Å². The number of amides is 2. The van der Waals surface area contributed by atoms with Gasteiger partial charge in [-0.25, -0.2) is 4.79 Å². The fourth-order valence-corrected chi connectivity index (χ4v) is 3.73. The lowest BCUT2D eigenvalue weighted by molar-refractivity contribution is -0.137. The molecule has 0 unspecified atom stereocenters. The third-order valence-corrected chi connectivity index (χ3v) is 5.31. The summed E-state index contributed by atoms with van der Waals surface area (Å²) in [5, 5.41) is 3.01. The number of carbonyl (C=O) groups is 1. The fraction of sp³-hybridized carbons (Fsp3) is 0.381. The number of hydrogen-bond acceptors (Lipinski definition) is 3. The highest BCUT2D eigenvalue weighted by atomic mass is 19.4. The monoisotopic (exact) mass is 405 g/mol. The molecule has 1 saturated heterocycles. The van der Waals surface area contributed by atoms with Crippen molar-refractivity contribution in [3.63, 3.8) is 0 Å². The van der Waals surface area contributed by atoms with Gasteiger partial charge in [0.25, 0.3) is 0 Å². The highest BCUT2D eigenvalue weighted by Gasteiger charge is 2.31. The van der Waals surface area contributed by atoms with E-state index < -0.39 is 11.7 Å². The standard InChI is InChI=1S/C21H22F3N3O2/c22-21(23,24)16-5-3-6-18(13-16)26-8-10-27(11-9-26)20(28)25-17-12-15-4-1-2-7-19(15)29-14-17/h1-7,13,17H,8-12,14H2,(H,25,28)/t17-/m1/s1. The zero-order valence-corrected chi connectivity index (χ0v) is 15.8. The Morgan fingerprint density at radius 1 is 1.03 bits per heavy atom. The van der Waals surface area contributed by atoms with Crippen LogP contribution in [0.15, 0.2) is 48.5 Å². The van der Waals surface area contributed by atoms with Gasteiger partial charge in [-0.3, -0.25) is 0 Å². The number of ether oxygens (including phenoxy) is 1. The molecule has 0 bridgehead atoms. The number of benzene rings is 2. The number of anilines is 1. The van der Waals surface area contributed by atoms with E-state index >= 15 is 0 Å². The summed E-state index contributed by atoms with van der Waals surface area (Å²) in [6.07, 6.45) is -3.65. The van der Waals surface area contributed by atoms with Gasteiger partial charge in [0.15, 0.2) is 0 Å². The van der Waals surface area contributed by atoms with Crippen LogP contribution in [0, 0.1) is 0 Å². The van der Waals surface area contributed by atoms with Crippen LogP contribution in [-0.2, 0) is 12.6 Å². The summed E-state index contributed by atoms with van der Waals surface area (Å²) < 4.78 is 44.5. The number of carbonyl (C=O) groups excluding carboxylic acids is 1. The third-order valence-electron chi connectivity index (χ3n) is 5.31. The van der Waals surface area contributed by atoms with Gasteiger partial charge in [0.2, 0.25) is 0 Å². The SMILES string of the molecule is O=C(N[C@H]1COc2ccccc2C1)N1CCN(c2cccc(C(F)(F)F)c2)CC1. The third kappa shape index (κ3) is 4.41. The lowest BCUT2D eigenvalue weighted by atomic mass is 10.0. The number of nitrogens with zero attached hydrogens (tertiary/aromatic N) is 2. The van der Waals surface area contributed by atoms with Crippen LogP contribution in [0.1, 0.15) is 11.1 Å². The van der Waals surface area contributed by atoms with E-state index in [0.29, 0.717) is 44.9 Å². The predicted octanol–water partition coefficient (Wildman–Crippen LogP) is 3.54. The number of para-hydroxylation sites is 1. The fourth-order valence-electron chi connectivity index (χ4n) is 3.73. The van der Waals surface area contributed by atoms with Crippen molar-refractivity contribution < 1.29 is 22.7 Å². The molecule has 0 aromatic heterocycles. The molecule has 4 rings (SSSR count). The number of urea groups is 1. The van der Waals surface area contributed by atoms with Crippen LogP contribution in [-0.4, -0.2) is 49.8 Å². The number of alkyl halides is 3. The maximum atomic E-state index is 12.9. The van der Waals surface area contributed by atoms with E-state index in [1.807, 2.05) is 29.2 Å². The van der Waals surface area contributed by atoms with Crippen molar-refractivity contribution in [3.8, 4) is 5.75 Å². The summed E-state index contributed by atoms with van der Waals surface area (Å²) in [7, 11) is 0. The summed E-state index contributed by atoms with van der Waals surface area (Å²) in [5.41, 5.74) is 0.934. The number of fused-ring (bicyclic) bond motifs is 1. The van der Waals surface area contributed by atoms with Gasteiger partial charge in [-0.15, -0.1) is 0 Å². The molecule has 2 amide bonds. The van der Waals surface area contributed by atoms with E-state index in [2.05, 4.69) is 5.32 Å². The summed E-state index contributed by atoms with van der Waals surface area (Å²) >= 11 is 0. The smallest absolute Gasteiger partial charge is 0.416 e. The quantitative estimate of drug-likeness (QED) is 0.831. The van der Waals surface area contributed by atoms with Crippen LogP contribution in [0.2, 0.25) is 0 Å². The molecule has 1 fully saturated rings. The summed E-state index contributed by atoms with van der Waals surface area (Å²) in [4.78, 5) is 16.2. The number of hydrogen-bond donors (Lipinski definition) is 1. The van der Waals surface area contributed by atoms with E-state index in [0.717, 1.165) is 23.4 Å². The van der Waals surface area contributed by atoms with E-state index in [1.165, 1.54) is 6.07 Å². The summed E-state index contributed by atoms with van der Waals surface area (Å²) in [6.45, 7) is 2.29. The Morgan fingerprint density at radius 3 is 2.55 bits per heavy atom. The lowest BCUT2D eigenvalue weighted by Crippen LogP contribution is -2.55. The van der Waals surface area contributed by atoms with E-state index in [4.69, 9.17) is 4.74 Å². The maximum Gasteiger partial charge on any atom is 0.416 e. The van der Waals surface area contributed by atoms with Crippen molar-refractivity contribution in [2.24, 2.45) is 0 Å². The second kappa shape index (κ2) is 7.85. The predicted molar refractivity (Wildman–Crippen MR) is 103 cm³/mol. The first-order valence-electron chi connectivity index (χ1n) is 9.58. The largest absolute Gasteiger partial charge is 0.491 e. The normalized spacial score (nSPS) is 19.3. The van der Waals surface area contributed by atoms with Crippen molar-refractivity contribution in [2.75, 3.05) is 37.7 Å². The summed E-state index contributed by atoms with van der Waals surface area (Å²) in [5.74, 6) is 0.854. The van der Waals surface area contributed by atoms with Crippen LogP contribution < -0.4 is 15.0 Å². The minimum Gasteiger partial charge on any atom is -0.491 e. The first-order valence-corrected chi connectivity index (χ1v) is 9.58. The molecule has 5 nitrogen and oxygen atoms in total. The van der Waals surface area contributed by atoms with Crippen molar-refractivity contribution in [3.05, 3.63) is 59.7 Å². The van der Waals surface area contributed by atoms with Crippen LogP contribution in [0.25, 0.3) is 0 Å². The average Bonchev–Trinajstić information content (AvgIpc) is 2.73. The van der Waals surface area contributed by atoms with Gasteiger partial charge in [-0.2, -0.15) is 13.2 Å². The Hall–Kier alpha value is -2.90. The highest BCUT2D eigenvalue weighted by Crippen LogP contribution is 2.32. The molecule has 2 heterocycles. The van der Waals surface area contributed by atoms with Crippen LogP contribution in [0.3, 0.4) is 0 Å². The number of piperazine rings is 1. The van der Waals surface area contributed by atoms with Crippen molar-refractivity contribution in [2.45, 2.75) is 18.6 Å². The van der Waals surface area contributed by atoms with Gasteiger partial charge in [0.1, 0.15) is 12.4 Å². The molecular formula is C21H22F3N3O2. The molecule has 1 N–H and O–H groups in total. The number of halogens is 3. The minimum absolute atomic E-state index is 0.0982. The second-order valence-corrected chi connectivity index (χ2v) is 7.29. The van der Waals surface area contributed by atoms with Gasteiger partial charge in [-0.1, -0.05) is 24.3 Å². The zero-order valence-electron chi connectivity index (χ0n) is 15.8. The van der Waals surface area contributed by atoms with Crippen molar-refractivity contribution >= 4 is 11.7 Å². The number of rotatable bonds is 2. The van der Waals surface area contributed by atoms with Gasteiger partial charge < -0.3 is 19.9 Å². The van der Waals surface area contributed by atoms with Crippen LogP contribution >= 0.6 is 0 Å². The van der Waals surface area contributed by atoms with Crippen molar-refractivity contribution in [1.29, 1.82) is 0 Å². The Labute approximate surface area is 167 Å². The lowest BCUT2D eigenvalue weighted by Gasteiger charge is -2.37. The average molecular weight is 405 g/mol. The second-order valence-electron chi connectivity index (χ2n) is 7.29. The Morgan fingerprint density at radius 2 is 1.79 bits per heavy atom. The molecular weight excluding hydrogens is 383 g/mol. The Kier molecular flexibility index (Phi) is 5.25. The zero-order chi connectivity index (χ0) is 20.4. The van der Waals surface area contributed by atoms with E-state index in [9.17, 15) is 18.0 Å². The van der Waals surface area contributed by atoms with E-state index in [1.54, 1.807) is 11.0 Å². The van der Waals surface area contributed by atoms with E-state index in [-0.39, 0.29) is 12.1 Å². The minimum atomic E-state index is -4.36. The molecule has 2 aliphatic rings. The molecule has 154 valence electrons. The maximum absolute atomic E-state index is 12.9.